The summed E-state index contributed by atoms with van der Waals surface area (Å²) in [7, 11) is 0. The maximum Gasteiger partial charge on any atom is 0.165 e. The molecule has 0 radical (unpaired) electrons. The largest absolute Gasteiger partial charge is 0.507 e. The first-order valence-electron chi connectivity index (χ1n) is 12.7. The summed E-state index contributed by atoms with van der Waals surface area (Å²) < 4.78 is 5.46. The number of aromatic nitrogens is 2. The Morgan fingerprint density at radius 3 is 2.56 bits per heavy atom. The van der Waals surface area contributed by atoms with Gasteiger partial charge in [0.1, 0.15) is 11.6 Å². The molecule has 0 bridgehead atoms. The van der Waals surface area contributed by atoms with E-state index < -0.39 is 0 Å². The molecule has 3 heterocycles. The van der Waals surface area contributed by atoms with Gasteiger partial charge in [-0.05, 0) is 53.9 Å². The second-order valence-electron chi connectivity index (χ2n) is 9.56. The Balaban J connectivity index is 1.34. The fourth-order valence-corrected chi connectivity index (χ4v) is 4.99. The van der Waals surface area contributed by atoms with Crippen molar-refractivity contribution in [2.75, 3.05) is 44.7 Å². The van der Waals surface area contributed by atoms with Crippen molar-refractivity contribution in [1.82, 2.24) is 20.2 Å². The summed E-state index contributed by atoms with van der Waals surface area (Å²) in [5.41, 5.74) is 5.05. The van der Waals surface area contributed by atoms with Crippen LogP contribution in [0.5, 0.6) is 5.75 Å². The molecule has 0 aliphatic carbocycles. The van der Waals surface area contributed by atoms with E-state index in [2.05, 4.69) is 58.0 Å². The van der Waals surface area contributed by atoms with Gasteiger partial charge >= 0.3 is 0 Å². The topological polar surface area (TPSA) is 82.5 Å². The minimum absolute atomic E-state index is 0.178. The van der Waals surface area contributed by atoms with Gasteiger partial charge in [0.25, 0.3) is 0 Å². The number of rotatable bonds is 6. The van der Waals surface area contributed by atoms with Crippen LogP contribution in [-0.2, 0) is 11.3 Å². The maximum absolute atomic E-state index is 10.5. The Labute approximate surface area is 211 Å². The van der Waals surface area contributed by atoms with Crippen molar-refractivity contribution in [3.8, 4) is 28.3 Å². The highest BCUT2D eigenvalue weighted by Crippen LogP contribution is 2.32. The summed E-state index contributed by atoms with van der Waals surface area (Å²) in [5.74, 6) is 1.50. The summed E-state index contributed by atoms with van der Waals surface area (Å²) in [6, 6.07) is 22.7. The van der Waals surface area contributed by atoms with Gasteiger partial charge in [-0.3, -0.25) is 4.90 Å². The van der Waals surface area contributed by atoms with Crippen molar-refractivity contribution in [2.24, 2.45) is 0 Å². The third-order valence-electron chi connectivity index (χ3n) is 7.04. The minimum Gasteiger partial charge on any atom is -0.507 e. The first-order chi connectivity index (χ1) is 17.7. The minimum atomic E-state index is 0.178. The van der Waals surface area contributed by atoms with E-state index in [1.807, 2.05) is 18.2 Å². The van der Waals surface area contributed by atoms with Gasteiger partial charge in [0.2, 0.25) is 0 Å². The average molecular weight is 482 g/mol. The Morgan fingerprint density at radius 2 is 1.78 bits per heavy atom. The number of fused-ring (bicyclic) bond motifs is 1. The van der Waals surface area contributed by atoms with Crippen LogP contribution in [0.3, 0.4) is 0 Å². The summed E-state index contributed by atoms with van der Waals surface area (Å²) >= 11 is 0. The SMILES string of the molecule is Oc1ccccc1-c1nc(NC2CCNC2)c2ccc(-c3ccc(CN4CCOCC4)cc3)cc2n1. The van der Waals surface area contributed by atoms with Crippen LogP contribution in [0.15, 0.2) is 66.7 Å². The lowest BCUT2D eigenvalue weighted by molar-refractivity contribution is 0.0342. The molecular weight excluding hydrogens is 450 g/mol. The molecule has 36 heavy (non-hydrogen) atoms. The Kier molecular flexibility index (Phi) is 6.51. The standard InChI is InChI=1S/C29H31N5O2/c35-27-4-2-1-3-25(27)29-32-26-17-22(9-10-24(26)28(33-29)31-23-11-12-30-18-23)21-7-5-20(6-8-21)19-34-13-15-36-16-14-34/h1-10,17,23,30,35H,11-16,18-19H2,(H,31,32,33). The number of nitrogens with zero attached hydrogens (tertiary/aromatic N) is 3. The highest BCUT2D eigenvalue weighted by atomic mass is 16.5. The number of phenols is 1. The van der Waals surface area contributed by atoms with Gasteiger partial charge in [-0.2, -0.15) is 0 Å². The van der Waals surface area contributed by atoms with Gasteiger partial charge in [-0.25, -0.2) is 9.97 Å². The van der Waals surface area contributed by atoms with Crippen LogP contribution in [0.25, 0.3) is 33.4 Å². The average Bonchev–Trinajstić information content (AvgIpc) is 3.43. The van der Waals surface area contributed by atoms with Gasteiger partial charge in [-0.1, -0.05) is 42.5 Å². The summed E-state index contributed by atoms with van der Waals surface area (Å²) in [6.07, 6.45) is 1.05. The van der Waals surface area contributed by atoms with Crippen molar-refractivity contribution >= 4 is 16.7 Å². The molecule has 2 saturated heterocycles. The molecule has 7 heteroatoms. The zero-order valence-corrected chi connectivity index (χ0v) is 20.3. The van der Waals surface area contributed by atoms with E-state index in [1.54, 1.807) is 6.07 Å². The summed E-state index contributed by atoms with van der Waals surface area (Å²) in [5, 5.41) is 18.5. The molecule has 0 spiro atoms. The van der Waals surface area contributed by atoms with E-state index >= 15 is 0 Å². The van der Waals surface area contributed by atoms with Gasteiger partial charge in [0, 0.05) is 37.6 Å². The summed E-state index contributed by atoms with van der Waals surface area (Å²) in [6.45, 7) is 6.45. The van der Waals surface area contributed by atoms with E-state index in [9.17, 15) is 5.11 Å². The lowest BCUT2D eigenvalue weighted by Gasteiger charge is -2.26. The first kappa shape index (κ1) is 22.9. The monoisotopic (exact) mass is 481 g/mol. The van der Waals surface area contributed by atoms with Crippen LogP contribution in [0.2, 0.25) is 0 Å². The molecule has 3 aromatic carbocycles. The second kappa shape index (κ2) is 10.2. The fraction of sp³-hybridized carbons (Fsp3) is 0.310. The quantitative estimate of drug-likeness (QED) is 0.379. The number of aromatic hydroxyl groups is 1. The van der Waals surface area contributed by atoms with Crippen LogP contribution in [0, 0.1) is 0 Å². The lowest BCUT2D eigenvalue weighted by Crippen LogP contribution is -2.35. The number of nitrogens with one attached hydrogen (secondary N) is 2. The van der Waals surface area contributed by atoms with Crippen molar-refractivity contribution in [3.63, 3.8) is 0 Å². The van der Waals surface area contributed by atoms with Gasteiger partial charge in [0.05, 0.1) is 24.3 Å². The number of para-hydroxylation sites is 1. The molecule has 6 rings (SSSR count). The number of morpholine rings is 1. The van der Waals surface area contributed by atoms with E-state index in [-0.39, 0.29) is 5.75 Å². The van der Waals surface area contributed by atoms with E-state index in [0.717, 1.165) is 80.2 Å². The zero-order chi connectivity index (χ0) is 24.3. The van der Waals surface area contributed by atoms with Crippen LogP contribution < -0.4 is 10.6 Å². The van der Waals surface area contributed by atoms with Gasteiger partial charge in [0.15, 0.2) is 5.82 Å². The van der Waals surface area contributed by atoms with E-state index in [0.29, 0.717) is 17.4 Å². The normalized spacial score (nSPS) is 18.5. The van der Waals surface area contributed by atoms with Crippen LogP contribution >= 0.6 is 0 Å². The van der Waals surface area contributed by atoms with E-state index in [1.165, 1.54) is 5.56 Å². The molecular formula is C29H31N5O2. The molecule has 2 aliphatic rings. The first-order valence-corrected chi connectivity index (χ1v) is 12.7. The molecule has 184 valence electrons. The van der Waals surface area contributed by atoms with Crippen molar-refractivity contribution in [3.05, 3.63) is 72.3 Å². The number of benzene rings is 3. The van der Waals surface area contributed by atoms with Crippen molar-refractivity contribution < 1.29 is 9.84 Å². The number of hydrogen-bond acceptors (Lipinski definition) is 7. The highest BCUT2D eigenvalue weighted by molar-refractivity contribution is 5.93. The number of hydrogen-bond donors (Lipinski definition) is 3. The Morgan fingerprint density at radius 1 is 0.972 bits per heavy atom. The molecule has 1 unspecified atom stereocenters. The number of phenolic OH excluding ortho intramolecular Hbond substituents is 1. The summed E-state index contributed by atoms with van der Waals surface area (Å²) in [4.78, 5) is 12.1. The molecule has 1 aromatic heterocycles. The van der Waals surface area contributed by atoms with E-state index in [4.69, 9.17) is 14.7 Å². The van der Waals surface area contributed by atoms with Gasteiger partial charge in [-0.15, -0.1) is 0 Å². The maximum atomic E-state index is 10.5. The highest BCUT2D eigenvalue weighted by Gasteiger charge is 2.19. The number of ether oxygens (including phenoxy) is 1. The van der Waals surface area contributed by atoms with Crippen LogP contribution in [0.4, 0.5) is 5.82 Å². The molecule has 3 N–H and O–H groups in total. The van der Waals surface area contributed by atoms with Crippen LogP contribution in [0.1, 0.15) is 12.0 Å². The molecule has 2 fully saturated rings. The molecule has 0 saturated carbocycles. The smallest absolute Gasteiger partial charge is 0.165 e. The van der Waals surface area contributed by atoms with Crippen molar-refractivity contribution in [2.45, 2.75) is 19.0 Å². The van der Waals surface area contributed by atoms with Crippen molar-refractivity contribution in [1.29, 1.82) is 0 Å². The zero-order valence-electron chi connectivity index (χ0n) is 20.3. The second-order valence-corrected chi connectivity index (χ2v) is 9.56. The Hall–Kier alpha value is -3.52. The predicted molar refractivity (Wildman–Crippen MR) is 143 cm³/mol. The molecule has 2 aliphatic heterocycles. The Bertz CT molecular complexity index is 1350. The third kappa shape index (κ3) is 4.91. The third-order valence-corrected chi connectivity index (χ3v) is 7.04. The predicted octanol–water partition coefficient (Wildman–Crippen LogP) is 4.28. The molecule has 7 nitrogen and oxygen atoms in total. The molecule has 0 amide bonds. The van der Waals surface area contributed by atoms with Gasteiger partial charge < -0.3 is 20.5 Å². The lowest BCUT2D eigenvalue weighted by atomic mass is 10.0. The number of anilines is 1. The van der Waals surface area contributed by atoms with Crippen LogP contribution in [-0.4, -0.2) is 65.4 Å². The molecule has 1 atom stereocenters. The molecule has 4 aromatic rings. The fourth-order valence-electron chi connectivity index (χ4n) is 4.99.